The van der Waals surface area contributed by atoms with Crippen molar-refractivity contribution in [1.82, 2.24) is 4.98 Å². The number of carbonyl (C=O) groups excluding carboxylic acids is 1. The minimum Gasteiger partial charge on any atom is -0.493 e. The Morgan fingerprint density at radius 2 is 1.90 bits per heavy atom. The number of aryl methyl sites for hydroxylation is 1. The van der Waals surface area contributed by atoms with Crippen LogP contribution in [0.3, 0.4) is 0 Å². The van der Waals surface area contributed by atoms with Gasteiger partial charge in [-0.1, -0.05) is 12.1 Å². The van der Waals surface area contributed by atoms with Crippen LogP contribution in [0.15, 0.2) is 52.5 Å². The van der Waals surface area contributed by atoms with E-state index in [1.807, 2.05) is 48.7 Å². The number of Topliss-reactive ketones (excluding diaryl/α,β-unsaturated/α-hetero) is 1. The van der Waals surface area contributed by atoms with Crippen LogP contribution in [-0.4, -0.2) is 25.0 Å². The van der Waals surface area contributed by atoms with Crippen LogP contribution in [-0.2, 0) is 17.6 Å². The SMILES string of the molecule is COc1ccc(-c2csc(CC(=O)Cc3coc4cc(C)ccc34)n2)cc1OC. The number of ether oxygens (including phenoxy) is 2. The summed E-state index contributed by atoms with van der Waals surface area (Å²) in [5.41, 5.74) is 4.62. The summed E-state index contributed by atoms with van der Waals surface area (Å²) in [4.78, 5) is 17.2. The van der Waals surface area contributed by atoms with Gasteiger partial charge in [-0.15, -0.1) is 11.3 Å². The first-order chi connectivity index (χ1) is 14.1. The summed E-state index contributed by atoms with van der Waals surface area (Å²) in [6, 6.07) is 11.7. The second-order valence-corrected chi connectivity index (χ2v) is 7.79. The fourth-order valence-corrected chi connectivity index (χ4v) is 4.12. The number of benzene rings is 2. The van der Waals surface area contributed by atoms with Crippen LogP contribution in [0.2, 0.25) is 0 Å². The monoisotopic (exact) mass is 407 g/mol. The number of nitrogens with zero attached hydrogens (tertiary/aromatic N) is 1. The van der Waals surface area contributed by atoms with Crippen molar-refractivity contribution in [3.63, 3.8) is 0 Å². The summed E-state index contributed by atoms with van der Waals surface area (Å²) in [6.45, 7) is 2.02. The second-order valence-electron chi connectivity index (χ2n) is 6.85. The maximum Gasteiger partial charge on any atom is 0.161 e. The standard InChI is InChI=1S/C23H21NO4S/c1-14-4-6-18-16(12-28-21(18)8-14)9-17(25)11-23-24-19(13-29-23)15-5-7-20(26-2)22(10-15)27-3/h4-8,10,12-13H,9,11H2,1-3H3. The van der Waals surface area contributed by atoms with E-state index in [0.717, 1.165) is 38.4 Å². The molecule has 148 valence electrons. The maximum atomic E-state index is 12.6. The molecule has 5 nitrogen and oxygen atoms in total. The molecule has 0 saturated carbocycles. The number of aromatic nitrogens is 1. The van der Waals surface area contributed by atoms with E-state index >= 15 is 0 Å². The van der Waals surface area contributed by atoms with Gasteiger partial charge in [0.2, 0.25) is 0 Å². The van der Waals surface area contributed by atoms with Gasteiger partial charge in [-0.3, -0.25) is 4.79 Å². The molecule has 2 aromatic carbocycles. The van der Waals surface area contributed by atoms with Gasteiger partial charge in [-0.25, -0.2) is 4.98 Å². The highest BCUT2D eigenvalue weighted by Gasteiger charge is 2.14. The fraction of sp³-hybridized carbons (Fsp3) is 0.217. The maximum absolute atomic E-state index is 12.6. The van der Waals surface area contributed by atoms with Gasteiger partial charge in [-0.2, -0.15) is 0 Å². The number of rotatable bonds is 7. The molecule has 4 rings (SSSR count). The molecule has 2 heterocycles. The summed E-state index contributed by atoms with van der Waals surface area (Å²) >= 11 is 1.49. The smallest absolute Gasteiger partial charge is 0.161 e. The van der Waals surface area contributed by atoms with Crippen LogP contribution < -0.4 is 9.47 Å². The van der Waals surface area contributed by atoms with Crippen molar-refractivity contribution in [2.24, 2.45) is 0 Å². The zero-order valence-corrected chi connectivity index (χ0v) is 17.3. The molecule has 0 bridgehead atoms. The molecule has 0 unspecified atom stereocenters. The first-order valence-electron chi connectivity index (χ1n) is 9.22. The van der Waals surface area contributed by atoms with Crippen molar-refractivity contribution in [1.29, 1.82) is 0 Å². The Labute approximate surface area is 172 Å². The molecule has 0 aliphatic heterocycles. The normalized spacial score (nSPS) is 11.0. The lowest BCUT2D eigenvalue weighted by molar-refractivity contribution is -0.117. The van der Waals surface area contributed by atoms with Gasteiger partial charge in [0.1, 0.15) is 16.4 Å². The highest BCUT2D eigenvalue weighted by Crippen LogP contribution is 2.33. The third kappa shape index (κ3) is 4.03. The lowest BCUT2D eigenvalue weighted by atomic mass is 10.1. The molecule has 4 aromatic rings. The van der Waals surface area contributed by atoms with E-state index in [4.69, 9.17) is 13.9 Å². The van der Waals surface area contributed by atoms with Gasteiger partial charge in [0.05, 0.1) is 32.6 Å². The molecule has 0 N–H and O–H groups in total. The summed E-state index contributed by atoms with van der Waals surface area (Å²) in [6.07, 6.45) is 2.32. The topological polar surface area (TPSA) is 61.6 Å². The molecular weight excluding hydrogens is 386 g/mol. The molecule has 6 heteroatoms. The van der Waals surface area contributed by atoms with Crippen LogP contribution >= 0.6 is 11.3 Å². The Kier molecular flexibility index (Phi) is 5.36. The average Bonchev–Trinajstić information content (AvgIpc) is 3.34. The number of carbonyl (C=O) groups is 1. The van der Waals surface area contributed by atoms with Gasteiger partial charge in [-0.05, 0) is 36.8 Å². The van der Waals surface area contributed by atoms with Crippen molar-refractivity contribution in [2.75, 3.05) is 14.2 Å². The van der Waals surface area contributed by atoms with Gasteiger partial charge in [0.15, 0.2) is 11.5 Å². The number of hydrogen-bond donors (Lipinski definition) is 0. The predicted octanol–water partition coefficient (Wildman–Crippen LogP) is 5.24. The van der Waals surface area contributed by atoms with Crippen molar-refractivity contribution < 1.29 is 18.7 Å². The third-order valence-corrected chi connectivity index (χ3v) is 5.63. The third-order valence-electron chi connectivity index (χ3n) is 4.78. The highest BCUT2D eigenvalue weighted by molar-refractivity contribution is 7.10. The van der Waals surface area contributed by atoms with E-state index in [2.05, 4.69) is 4.98 Å². The van der Waals surface area contributed by atoms with Crippen molar-refractivity contribution in [2.45, 2.75) is 19.8 Å². The van der Waals surface area contributed by atoms with Gasteiger partial charge < -0.3 is 13.9 Å². The van der Waals surface area contributed by atoms with Crippen LogP contribution in [0.4, 0.5) is 0 Å². The molecule has 0 atom stereocenters. The van der Waals surface area contributed by atoms with Crippen LogP contribution in [0.5, 0.6) is 11.5 Å². The lowest BCUT2D eigenvalue weighted by Gasteiger charge is -2.08. The zero-order chi connectivity index (χ0) is 20.4. The van der Waals surface area contributed by atoms with E-state index in [-0.39, 0.29) is 5.78 Å². The number of hydrogen-bond acceptors (Lipinski definition) is 6. The summed E-state index contributed by atoms with van der Waals surface area (Å²) in [5, 5.41) is 3.75. The fourth-order valence-electron chi connectivity index (χ4n) is 3.29. The molecule has 0 radical (unpaired) electrons. The first-order valence-corrected chi connectivity index (χ1v) is 10.1. The predicted molar refractivity (Wildman–Crippen MR) is 114 cm³/mol. The van der Waals surface area contributed by atoms with Gasteiger partial charge in [0.25, 0.3) is 0 Å². The minimum atomic E-state index is 0.112. The van der Waals surface area contributed by atoms with Gasteiger partial charge >= 0.3 is 0 Å². The first kappa shape index (κ1) is 19.2. The van der Waals surface area contributed by atoms with Crippen LogP contribution in [0.25, 0.3) is 22.2 Å². The van der Waals surface area contributed by atoms with Crippen LogP contribution in [0.1, 0.15) is 16.1 Å². The van der Waals surface area contributed by atoms with Crippen LogP contribution in [0, 0.1) is 6.92 Å². The zero-order valence-electron chi connectivity index (χ0n) is 16.5. The number of fused-ring (bicyclic) bond motifs is 1. The number of thiazole rings is 1. The van der Waals surface area contributed by atoms with E-state index in [9.17, 15) is 4.79 Å². The van der Waals surface area contributed by atoms with E-state index in [1.54, 1.807) is 20.5 Å². The molecule has 0 aliphatic carbocycles. The molecule has 0 spiro atoms. The lowest BCUT2D eigenvalue weighted by Crippen LogP contribution is -2.06. The highest BCUT2D eigenvalue weighted by atomic mass is 32.1. The average molecular weight is 407 g/mol. The number of furan rings is 1. The molecule has 0 fully saturated rings. The van der Waals surface area contributed by atoms with E-state index < -0.39 is 0 Å². The number of ketones is 1. The summed E-state index contributed by atoms with van der Waals surface area (Å²) < 4.78 is 16.2. The molecule has 0 saturated heterocycles. The quantitative estimate of drug-likeness (QED) is 0.419. The van der Waals surface area contributed by atoms with Crippen molar-refractivity contribution >= 4 is 28.1 Å². The Hall–Kier alpha value is -3.12. The minimum absolute atomic E-state index is 0.112. The van der Waals surface area contributed by atoms with Crippen molar-refractivity contribution in [3.8, 4) is 22.8 Å². The summed E-state index contributed by atoms with van der Waals surface area (Å²) in [7, 11) is 3.21. The largest absolute Gasteiger partial charge is 0.493 e. The van der Waals surface area contributed by atoms with E-state index in [0.29, 0.717) is 24.3 Å². The Balaban J connectivity index is 1.48. The summed E-state index contributed by atoms with van der Waals surface area (Å²) in [5.74, 6) is 1.43. The van der Waals surface area contributed by atoms with Crippen molar-refractivity contribution in [3.05, 3.63) is 64.2 Å². The molecule has 0 aliphatic rings. The molecule has 2 aromatic heterocycles. The molecular formula is C23H21NO4S. The second kappa shape index (κ2) is 8.09. The Bertz CT molecular complexity index is 1170. The Morgan fingerprint density at radius 1 is 1.07 bits per heavy atom. The van der Waals surface area contributed by atoms with Gasteiger partial charge in [0, 0.05) is 28.3 Å². The Morgan fingerprint density at radius 3 is 2.69 bits per heavy atom. The number of methoxy groups -OCH3 is 2. The molecule has 29 heavy (non-hydrogen) atoms. The molecule has 0 amide bonds. The van der Waals surface area contributed by atoms with E-state index in [1.165, 1.54) is 11.3 Å².